The Morgan fingerprint density at radius 1 is 1.39 bits per heavy atom. The van der Waals surface area contributed by atoms with Crippen molar-refractivity contribution in [1.82, 2.24) is 5.32 Å². The van der Waals surface area contributed by atoms with Crippen molar-refractivity contribution in [1.29, 1.82) is 0 Å². The molecule has 3 nitrogen and oxygen atoms in total. The van der Waals surface area contributed by atoms with Gasteiger partial charge in [0, 0.05) is 6.54 Å². The summed E-state index contributed by atoms with van der Waals surface area (Å²) < 4.78 is 13.3. The lowest BCUT2D eigenvalue weighted by atomic mass is 10.1. The molecule has 2 rings (SSSR count). The van der Waals surface area contributed by atoms with E-state index >= 15 is 0 Å². The van der Waals surface area contributed by atoms with Gasteiger partial charge in [-0.25, -0.2) is 4.39 Å². The Morgan fingerprint density at radius 2 is 2.17 bits per heavy atom. The number of halogens is 1. The standard InChI is InChI=1S/C14H18FNO2/c15-12-6-2-1-4-10(12)8-9-16-14(18)11-5-3-7-13(11)17/h1-2,4,6,11,13,17H,3,5,7-9H2,(H,16,18). The fourth-order valence-corrected chi connectivity index (χ4v) is 2.40. The Kier molecular flexibility index (Phi) is 4.31. The summed E-state index contributed by atoms with van der Waals surface area (Å²) in [6.45, 7) is 0.406. The van der Waals surface area contributed by atoms with Crippen LogP contribution in [0.5, 0.6) is 0 Å². The number of nitrogens with one attached hydrogen (secondary N) is 1. The van der Waals surface area contributed by atoms with Crippen molar-refractivity contribution in [2.75, 3.05) is 6.54 Å². The van der Waals surface area contributed by atoms with E-state index < -0.39 is 6.10 Å². The molecule has 0 spiro atoms. The average Bonchev–Trinajstić information content (AvgIpc) is 2.78. The zero-order valence-electron chi connectivity index (χ0n) is 10.2. The van der Waals surface area contributed by atoms with E-state index in [-0.39, 0.29) is 17.6 Å². The van der Waals surface area contributed by atoms with Crippen LogP contribution in [0.1, 0.15) is 24.8 Å². The molecule has 0 bridgehead atoms. The van der Waals surface area contributed by atoms with Crippen molar-refractivity contribution in [3.05, 3.63) is 35.6 Å². The lowest BCUT2D eigenvalue weighted by Gasteiger charge is -2.14. The Labute approximate surface area is 106 Å². The Morgan fingerprint density at radius 3 is 2.83 bits per heavy atom. The van der Waals surface area contributed by atoms with Gasteiger partial charge in [0.1, 0.15) is 5.82 Å². The Balaban J connectivity index is 1.79. The monoisotopic (exact) mass is 251 g/mol. The predicted octanol–water partition coefficient (Wildman–Crippen LogP) is 1.65. The smallest absolute Gasteiger partial charge is 0.225 e. The van der Waals surface area contributed by atoms with Gasteiger partial charge in [-0.2, -0.15) is 0 Å². The number of aliphatic hydroxyl groups excluding tert-OH is 1. The van der Waals surface area contributed by atoms with Gasteiger partial charge >= 0.3 is 0 Å². The second-order valence-electron chi connectivity index (χ2n) is 4.74. The molecule has 1 amide bonds. The number of carbonyl (C=O) groups is 1. The number of amides is 1. The van der Waals surface area contributed by atoms with Gasteiger partial charge in [-0.05, 0) is 37.3 Å². The molecule has 18 heavy (non-hydrogen) atoms. The highest BCUT2D eigenvalue weighted by atomic mass is 19.1. The number of hydrogen-bond acceptors (Lipinski definition) is 2. The van der Waals surface area contributed by atoms with Crippen LogP contribution in [0.2, 0.25) is 0 Å². The van der Waals surface area contributed by atoms with Crippen molar-refractivity contribution < 1.29 is 14.3 Å². The summed E-state index contributed by atoms with van der Waals surface area (Å²) in [6.07, 6.45) is 2.30. The summed E-state index contributed by atoms with van der Waals surface area (Å²) >= 11 is 0. The quantitative estimate of drug-likeness (QED) is 0.854. The van der Waals surface area contributed by atoms with Gasteiger partial charge in [0.25, 0.3) is 0 Å². The maximum Gasteiger partial charge on any atom is 0.225 e. The molecular weight excluding hydrogens is 233 g/mol. The summed E-state index contributed by atoms with van der Waals surface area (Å²) in [5.41, 5.74) is 0.602. The molecule has 0 aliphatic heterocycles. The van der Waals surface area contributed by atoms with Crippen LogP contribution >= 0.6 is 0 Å². The first-order chi connectivity index (χ1) is 8.68. The van der Waals surface area contributed by atoms with E-state index in [0.29, 0.717) is 24.9 Å². The highest BCUT2D eigenvalue weighted by molar-refractivity contribution is 5.79. The maximum atomic E-state index is 13.3. The Bertz CT molecular complexity index is 422. The van der Waals surface area contributed by atoms with Gasteiger partial charge in [-0.1, -0.05) is 18.2 Å². The normalized spacial score (nSPS) is 23.0. The Hall–Kier alpha value is -1.42. The van der Waals surface area contributed by atoms with Gasteiger partial charge in [-0.15, -0.1) is 0 Å². The van der Waals surface area contributed by atoms with Crippen molar-refractivity contribution in [3.8, 4) is 0 Å². The van der Waals surface area contributed by atoms with Crippen LogP contribution in [-0.2, 0) is 11.2 Å². The molecule has 1 aromatic carbocycles. The van der Waals surface area contributed by atoms with Crippen LogP contribution < -0.4 is 5.32 Å². The largest absolute Gasteiger partial charge is 0.392 e. The zero-order valence-corrected chi connectivity index (χ0v) is 10.2. The SMILES string of the molecule is O=C(NCCc1ccccc1F)C1CCCC1O. The van der Waals surface area contributed by atoms with E-state index in [1.165, 1.54) is 6.07 Å². The van der Waals surface area contributed by atoms with Crippen molar-refractivity contribution >= 4 is 5.91 Å². The highest BCUT2D eigenvalue weighted by Crippen LogP contribution is 2.25. The van der Waals surface area contributed by atoms with Crippen LogP contribution in [0.4, 0.5) is 4.39 Å². The van der Waals surface area contributed by atoms with Crippen LogP contribution in [-0.4, -0.2) is 23.7 Å². The molecule has 0 saturated heterocycles. The van der Waals surface area contributed by atoms with Crippen molar-refractivity contribution in [2.45, 2.75) is 31.8 Å². The number of aliphatic hydroxyl groups is 1. The molecule has 98 valence electrons. The summed E-state index contributed by atoms with van der Waals surface area (Å²) in [5.74, 6) is -0.644. The predicted molar refractivity (Wildman–Crippen MR) is 66.5 cm³/mol. The number of carbonyl (C=O) groups excluding carboxylic acids is 1. The van der Waals surface area contributed by atoms with E-state index in [0.717, 1.165) is 12.8 Å². The minimum atomic E-state index is -0.515. The third-order valence-electron chi connectivity index (χ3n) is 3.47. The van der Waals surface area contributed by atoms with E-state index in [2.05, 4.69) is 5.32 Å². The molecule has 1 aliphatic carbocycles. The molecular formula is C14H18FNO2. The molecule has 1 fully saturated rings. The summed E-state index contributed by atoms with van der Waals surface area (Å²) in [5, 5.41) is 12.4. The molecule has 2 unspecified atom stereocenters. The minimum Gasteiger partial charge on any atom is -0.392 e. The lowest BCUT2D eigenvalue weighted by Crippen LogP contribution is -2.35. The van der Waals surface area contributed by atoms with Crippen LogP contribution in [0.25, 0.3) is 0 Å². The fraction of sp³-hybridized carbons (Fsp3) is 0.500. The molecule has 2 atom stereocenters. The molecule has 4 heteroatoms. The van der Waals surface area contributed by atoms with Crippen LogP contribution in [0.3, 0.4) is 0 Å². The van der Waals surface area contributed by atoms with Crippen molar-refractivity contribution in [3.63, 3.8) is 0 Å². The molecule has 0 radical (unpaired) electrons. The molecule has 0 aromatic heterocycles. The first kappa shape index (κ1) is 13.0. The van der Waals surface area contributed by atoms with Crippen LogP contribution in [0, 0.1) is 11.7 Å². The molecule has 0 heterocycles. The minimum absolute atomic E-state index is 0.115. The van der Waals surface area contributed by atoms with E-state index in [1.807, 2.05) is 0 Å². The molecule has 1 aromatic rings. The summed E-state index contributed by atoms with van der Waals surface area (Å²) in [4.78, 5) is 11.8. The first-order valence-corrected chi connectivity index (χ1v) is 6.37. The average molecular weight is 251 g/mol. The van der Waals surface area contributed by atoms with E-state index in [1.54, 1.807) is 18.2 Å². The zero-order chi connectivity index (χ0) is 13.0. The lowest BCUT2D eigenvalue weighted by molar-refractivity contribution is -0.127. The second kappa shape index (κ2) is 5.96. The van der Waals surface area contributed by atoms with Crippen molar-refractivity contribution in [2.24, 2.45) is 5.92 Å². The summed E-state index contributed by atoms with van der Waals surface area (Å²) in [6, 6.07) is 6.55. The fourth-order valence-electron chi connectivity index (χ4n) is 2.40. The third-order valence-corrected chi connectivity index (χ3v) is 3.47. The second-order valence-corrected chi connectivity index (χ2v) is 4.74. The van der Waals surface area contributed by atoms with Gasteiger partial charge in [0.15, 0.2) is 0 Å². The van der Waals surface area contributed by atoms with Gasteiger partial charge in [-0.3, -0.25) is 4.79 Å². The topological polar surface area (TPSA) is 49.3 Å². The number of benzene rings is 1. The molecule has 1 aliphatic rings. The number of hydrogen-bond donors (Lipinski definition) is 2. The summed E-state index contributed by atoms with van der Waals surface area (Å²) in [7, 11) is 0. The first-order valence-electron chi connectivity index (χ1n) is 6.37. The molecule has 2 N–H and O–H groups in total. The van der Waals surface area contributed by atoms with Crippen LogP contribution in [0.15, 0.2) is 24.3 Å². The van der Waals surface area contributed by atoms with E-state index in [4.69, 9.17) is 0 Å². The van der Waals surface area contributed by atoms with E-state index in [9.17, 15) is 14.3 Å². The van der Waals surface area contributed by atoms with Gasteiger partial charge in [0.2, 0.25) is 5.91 Å². The highest BCUT2D eigenvalue weighted by Gasteiger charge is 2.30. The number of rotatable bonds is 4. The van der Waals surface area contributed by atoms with Gasteiger partial charge in [0.05, 0.1) is 12.0 Å². The molecule has 1 saturated carbocycles. The maximum absolute atomic E-state index is 13.3. The van der Waals surface area contributed by atoms with Gasteiger partial charge < -0.3 is 10.4 Å². The third kappa shape index (κ3) is 3.07.